The number of nitrogens with zero attached hydrogens (tertiary/aromatic N) is 3. The number of ether oxygens (including phenoxy) is 3. The number of hydrogen-bond donors (Lipinski definition) is 3. The minimum Gasteiger partial charge on any atom is -0.383 e. The number of hydrogen-bond acceptors (Lipinski definition) is 8. The van der Waals surface area contributed by atoms with Crippen molar-refractivity contribution >= 4 is 11.9 Å². The maximum absolute atomic E-state index is 13.6. The number of benzene rings is 1. The summed E-state index contributed by atoms with van der Waals surface area (Å²) in [6.07, 6.45) is 0.919. The molecule has 35 heavy (non-hydrogen) atoms. The fourth-order valence-corrected chi connectivity index (χ4v) is 3.59. The summed E-state index contributed by atoms with van der Waals surface area (Å²) >= 11 is 0. The van der Waals surface area contributed by atoms with Gasteiger partial charge in [0.1, 0.15) is 5.82 Å². The van der Waals surface area contributed by atoms with Crippen LogP contribution in [0.15, 0.2) is 36.5 Å². The number of rotatable bonds is 9. The Balaban J connectivity index is 1.61. The van der Waals surface area contributed by atoms with Crippen molar-refractivity contribution in [2.75, 3.05) is 45.3 Å². The van der Waals surface area contributed by atoms with E-state index in [1.807, 2.05) is 6.92 Å². The Kier molecular flexibility index (Phi) is 7.69. The van der Waals surface area contributed by atoms with E-state index in [1.165, 1.54) is 19.1 Å². The monoisotopic (exact) mass is 484 g/mol. The SMILES string of the molecule is COCCNc1nccc(-c2[nH]c(C3OCC(C)(CNC(C)=O)CO3)nc2-c2ccc(F)cc2)n1. The number of halogens is 1. The van der Waals surface area contributed by atoms with Gasteiger partial charge in [-0.3, -0.25) is 4.79 Å². The summed E-state index contributed by atoms with van der Waals surface area (Å²) in [7, 11) is 1.62. The molecule has 0 aliphatic carbocycles. The molecule has 0 atom stereocenters. The number of aromatic amines is 1. The van der Waals surface area contributed by atoms with Crippen LogP contribution in [0.25, 0.3) is 22.6 Å². The van der Waals surface area contributed by atoms with Crippen LogP contribution in [0.2, 0.25) is 0 Å². The molecule has 186 valence electrons. The van der Waals surface area contributed by atoms with Crippen LogP contribution in [0, 0.1) is 11.2 Å². The smallest absolute Gasteiger partial charge is 0.223 e. The molecule has 1 amide bonds. The second-order valence-corrected chi connectivity index (χ2v) is 8.71. The second kappa shape index (κ2) is 10.9. The van der Waals surface area contributed by atoms with E-state index in [0.717, 1.165) is 0 Å². The number of aromatic nitrogens is 4. The zero-order valence-corrected chi connectivity index (χ0v) is 19.9. The van der Waals surface area contributed by atoms with Crippen molar-refractivity contribution in [3.05, 3.63) is 48.2 Å². The number of methoxy groups -OCH3 is 1. The van der Waals surface area contributed by atoms with Gasteiger partial charge < -0.3 is 29.8 Å². The van der Waals surface area contributed by atoms with Crippen LogP contribution in [-0.2, 0) is 19.0 Å². The van der Waals surface area contributed by atoms with Crippen LogP contribution in [-0.4, -0.2) is 65.9 Å². The van der Waals surface area contributed by atoms with E-state index in [4.69, 9.17) is 19.2 Å². The molecule has 3 N–H and O–H groups in total. The molecule has 1 saturated heterocycles. The summed E-state index contributed by atoms with van der Waals surface area (Å²) < 4.78 is 30.6. The third-order valence-electron chi connectivity index (χ3n) is 5.49. The number of amides is 1. The average molecular weight is 485 g/mol. The number of anilines is 1. The first kappa shape index (κ1) is 24.7. The van der Waals surface area contributed by atoms with Crippen LogP contribution in [0.1, 0.15) is 26.0 Å². The van der Waals surface area contributed by atoms with Crippen LogP contribution in [0.5, 0.6) is 0 Å². The molecule has 4 rings (SSSR count). The van der Waals surface area contributed by atoms with E-state index in [-0.39, 0.29) is 17.1 Å². The predicted octanol–water partition coefficient (Wildman–Crippen LogP) is 2.92. The van der Waals surface area contributed by atoms with Crippen LogP contribution >= 0.6 is 0 Å². The van der Waals surface area contributed by atoms with Gasteiger partial charge in [0.25, 0.3) is 0 Å². The van der Waals surface area contributed by atoms with Gasteiger partial charge in [-0.1, -0.05) is 6.92 Å². The molecule has 2 aromatic heterocycles. The van der Waals surface area contributed by atoms with Gasteiger partial charge in [-0.2, -0.15) is 0 Å². The van der Waals surface area contributed by atoms with E-state index in [0.29, 0.717) is 67.3 Å². The van der Waals surface area contributed by atoms with Crippen molar-refractivity contribution in [1.29, 1.82) is 0 Å². The molecule has 0 radical (unpaired) electrons. The summed E-state index contributed by atoms with van der Waals surface area (Å²) in [6.45, 7) is 5.72. The third kappa shape index (κ3) is 6.18. The molecule has 3 aromatic rings. The van der Waals surface area contributed by atoms with Crippen molar-refractivity contribution < 1.29 is 23.4 Å². The molecule has 0 bridgehead atoms. The zero-order chi connectivity index (χ0) is 24.8. The quantitative estimate of drug-likeness (QED) is 0.396. The lowest BCUT2D eigenvalue weighted by Gasteiger charge is -2.36. The van der Waals surface area contributed by atoms with E-state index < -0.39 is 6.29 Å². The molecular weight excluding hydrogens is 455 g/mol. The number of H-pyrrole nitrogens is 1. The van der Waals surface area contributed by atoms with Gasteiger partial charge >= 0.3 is 0 Å². The van der Waals surface area contributed by atoms with Crippen molar-refractivity contribution in [3.63, 3.8) is 0 Å². The number of carbonyl (C=O) groups is 1. The second-order valence-electron chi connectivity index (χ2n) is 8.71. The largest absolute Gasteiger partial charge is 0.383 e. The highest BCUT2D eigenvalue weighted by Crippen LogP contribution is 2.35. The van der Waals surface area contributed by atoms with E-state index in [9.17, 15) is 9.18 Å². The Morgan fingerprint density at radius 1 is 1.23 bits per heavy atom. The van der Waals surface area contributed by atoms with Crippen LogP contribution in [0.4, 0.5) is 10.3 Å². The summed E-state index contributed by atoms with van der Waals surface area (Å²) in [4.78, 5) is 28.2. The molecule has 10 nitrogen and oxygen atoms in total. The lowest BCUT2D eigenvalue weighted by Crippen LogP contribution is -2.45. The van der Waals surface area contributed by atoms with Gasteiger partial charge in [0, 0.05) is 44.3 Å². The highest BCUT2D eigenvalue weighted by atomic mass is 19.1. The lowest BCUT2D eigenvalue weighted by atomic mass is 9.92. The fourth-order valence-electron chi connectivity index (χ4n) is 3.59. The Bertz CT molecular complexity index is 1150. The van der Waals surface area contributed by atoms with Crippen molar-refractivity contribution in [2.45, 2.75) is 20.1 Å². The van der Waals surface area contributed by atoms with Crippen LogP contribution < -0.4 is 10.6 Å². The van der Waals surface area contributed by atoms with Gasteiger partial charge in [0.05, 0.1) is 36.9 Å². The predicted molar refractivity (Wildman–Crippen MR) is 127 cm³/mol. The summed E-state index contributed by atoms with van der Waals surface area (Å²) in [5, 5.41) is 5.92. The zero-order valence-electron chi connectivity index (χ0n) is 19.9. The summed E-state index contributed by atoms with van der Waals surface area (Å²) in [6, 6.07) is 7.84. The highest BCUT2D eigenvalue weighted by molar-refractivity contribution is 5.77. The minimum atomic E-state index is -0.727. The molecule has 0 spiro atoms. The molecule has 1 aliphatic rings. The molecule has 11 heteroatoms. The lowest BCUT2D eigenvalue weighted by molar-refractivity contribution is -0.232. The van der Waals surface area contributed by atoms with Crippen molar-refractivity contribution in [2.24, 2.45) is 5.41 Å². The fraction of sp³-hybridized carbons (Fsp3) is 0.417. The minimum absolute atomic E-state index is 0.103. The Labute approximate surface area is 202 Å². The van der Waals surface area contributed by atoms with E-state index in [2.05, 4.69) is 25.6 Å². The Hall–Kier alpha value is -3.41. The molecule has 1 aromatic carbocycles. The van der Waals surface area contributed by atoms with Gasteiger partial charge in [-0.15, -0.1) is 0 Å². The molecule has 3 heterocycles. The highest BCUT2D eigenvalue weighted by Gasteiger charge is 2.35. The standard InChI is InChI=1S/C24H29FN6O4/c1-15(32)28-12-24(2)13-34-22(35-14-24)21-30-19(16-4-6-17(25)7-5-16)20(31-21)18-8-9-26-23(29-18)27-10-11-33-3/h4-9,22H,10-14H2,1-3H3,(H,28,32)(H,30,31)(H,26,27,29). The Morgan fingerprint density at radius 3 is 2.66 bits per heavy atom. The maximum atomic E-state index is 13.6. The van der Waals surface area contributed by atoms with E-state index >= 15 is 0 Å². The first-order valence-electron chi connectivity index (χ1n) is 11.3. The van der Waals surface area contributed by atoms with Gasteiger partial charge in [0.15, 0.2) is 5.82 Å². The topological polar surface area (TPSA) is 123 Å². The maximum Gasteiger partial charge on any atom is 0.223 e. The van der Waals surface area contributed by atoms with Crippen molar-refractivity contribution in [1.82, 2.24) is 25.3 Å². The van der Waals surface area contributed by atoms with Gasteiger partial charge in [-0.25, -0.2) is 19.3 Å². The van der Waals surface area contributed by atoms with Gasteiger partial charge in [0.2, 0.25) is 18.1 Å². The van der Waals surface area contributed by atoms with E-state index in [1.54, 1.807) is 31.5 Å². The van der Waals surface area contributed by atoms with Crippen molar-refractivity contribution in [3.8, 4) is 22.6 Å². The normalized spacial score (nSPS) is 19.9. The van der Waals surface area contributed by atoms with Gasteiger partial charge in [-0.05, 0) is 30.3 Å². The Morgan fingerprint density at radius 2 is 1.97 bits per heavy atom. The number of carbonyl (C=O) groups excluding carboxylic acids is 1. The summed E-state index contributed by atoms with van der Waals surface area (Å²) in [5.41, 5.74) is 2.17. The number of imidazole rings is 1. The van der Waals surface area contributed by atoms with Crippen LogP contribution in [0.3, 0.4) is 0 Å². The summed E-state index contributed by atoms with van der Waals surface area (Å²) in [5.74, 6) is 0.470. The molecular formula is C24H29FN6O4. The number of nitrogens with one attached hydrogen (secondary N) is 3. The first-order chi connectivity index (χ1) is 16.9. The third-order valence-corrected chi connectivity index (χ3v) is 5.49. The average Bonchev–Trinajstić information content (AvgIpc) is 3.30. The molecule has 0 unspecified atom stereocenters. The first-order valence-corrected chi connectivity index (χ1v) is 11.3. The molecule has 1 aliphatic heterocycles. The molecule has 0 saturated carbocycles. The molecule has 1 fully saturated rings.